The molecular weight excluding hydrogens is 374 g/mol. The maximum Gasteiger partial charge on any atom is 0.227 e. The van der Waals surface area contributed by atoms with Crippen LogP contribution in [0.25, 0.3) is 0 Å². The van der Waals surface area contributed by atoms with Crippen molar-refractivity contribution in [2.24, 2.45) is 4.99 Å². The van der Waals surface area contributed by atoms with Gasteiger partial charge in [-0.2, -0.15) is 0 Å². The zero-order chi connectivity index (χ0) is 19.9. The fraction of sp³-hybridized carbons (Fsp3) is 0.381. The largest absolute Gasteiger partial charge is 0.352 e. The molecule has 0 unspecified atom stereocenters. The van der Waals surface area contributed by atoms with E-state index in [1.165, 1.54) is 0 Å². The molecule has 1 amide bonds. The molecule has 1 fully saturated rings. The third-order valence-corrected chi connectivity index (χ3v) is 5.05. The van der Waals surface area contributed by atoms with E-state index < -0.39 is 0 Å². The monoisotopic (exact) mass is 399 g/mol. The number of halogens is 1. The van der Waals surface area contributed by atoms with Crippen molar-refractivity contribution in [3.05, 3.63) is 64.4 Å². The van der Waals surface area contributed by atoms with Gasteiger partial charge in [0.2, 0.25) is 5.91 Å². The molecule has 0 radical (unpaired) electrons. The molecule has 0 bridgehead atoms. The van der Waals surface area contributed by atoms with Gasteiger partial charge in [0.15, 0.2) is 5.96 Å². The third-order valence-electron chi connectivity index (χ3n) is 4.81. The van der Waals surface area contributed by atoms with Crippen molar-refractivity contribution >= 4 is 23.5 Å². The Hall–Kier alpha value is -2.60. The van der Waals surface area contributed by atoms with Crippen LogP contribution in [0.3, 0.4) is 0 Å². The second kappa shape index (κ2) is 9.55. The van der Waals surface area contributed by atoms with Crippen LogP contribution in [0.1, 0.15) is 16.8 Å². The molecule has 2 heterocycles. The average Bonchev–Trinajstić information content (AvgIpc) is 2.70. The summed E-state index contributed by atoms with van der Waals surface area (Å²) in [5.41, 5.74) is 3.07. The Balaban J connectivity index is 1.49. The molecule has 28 heavy (non-hydrogen) atoms. The Kier molecular flexibility index (Phi) is 6.87. The van der Waals surface area contributed by atoms with Crippen molar-refractivity contribution in [2.45, 2.75) is 19.9 Å². The van der Waals surface area contributed by atoms with Crippen molar-refractivity contribution in [3.63, 3.8) is 0 Å². The zero-order valence-corrected chi connectivity index (χ0v) is 17.1. The van der Waals surface area contributed by atoms with Crippen LogP contribution >= 0.6 is 11.6 Å². The summed E-state index contributed by atoms with van der Waals surface area (Å²) in [5, 5.41) is 4.04. The highest BCUT2D eigenvalue weighted by Crippen LogP contribution is 2.13. The lowest BCUT2D eigenvalue weighted by Gasteiger charge is -2.36. The van der Waals surface area contributed by atoms with Gasteiger partial charge in [-0.15, -0.1) is 0 Å². The molecule has 1 saturated heterocycles. The van der Waals surface area contributed by atoms with Crippen molar-refractivity contribution < 1.29 is 4.79 Å². The highest BCUT2D eigenvalue weighted by atomic mass is 35.5. The van der Waals surface area contributed by atoms with Crippen LogP contribution in [0.15, 0.2) is 47.6 Å². The molecule has 6 nitrogen and oxygen atoms in total. The van der Waals surface area contributed by atoms with E-state index in [0.29, 0.717) is 31.1 Å². The molecular formula is C21H26ClN5O. The number of hydrogen-bond acceptors (Lipinski definition) is 3. The first-order valence-electron chi connectivity index (χ1n) is 9.44. The predicted molar refractivity (Wildman–Crippen MR) is 112 cm³/mol. The SMILES string of the molecule is CN=C(NCc1ccc(C)nc1)N1CCN(C(=O)Cc2cccc(Cl)c2)CC1. The molecule has 1 aliphatic rings. The van der Waals surface area contributed by atoms with Crippen LogP contribution in [0, 0.1) is 6.92 Å². The fourth-order valence-electron chi connectivity index (χ4n) is 3.22. The highest BCUT2D eigenvalue weighted by Gasteiger charge is 2.23. The number of piperazine rings is 1. The molecule has 0 aliphatic carbocycles. The number of aliphatic imine (C=N–C) groups is 1. The molecule has 0 saturated carbocycles. The van der Waals surface area contributed by atoms with Crippen LogP contribution < -0.4 is 5.32 Å². The van der Waals surface area contributed by atoms with Gasteiger partial charge >= 0.3 is 0 Å². The van der Waals surface area contributed by atoms with Gasteiger partial charge in [-0.3, -0.25) is 14.8 Å². The first-order chi connectivity index (χ1) is 13.5. The van der Waals surface area contributed by atoms with Gasteiger partial charge in [-0.1, -0.05) is 29.8 Å². The summed E-state index contributed by atoms with van der Waals surface area (Å²) in [6.07, 6.45) is 2.26. The number of hydrogen-bond donors (Lipinski definition) is 1. The lowest BCUT2D eigenvalue weighted by atomic mass is 10.1. The Morgan fingerprint density at radius 1 is 1.14 bits per heavy atom. The Morgan fingerprint density at radius 2 is 1.89 bits per heavy atom. The van der Waals surface area contributed by atoms with Gasteiger partial charge in [0, 0.05) is 56.7 Å². The van der Waals surface area contributed by atoms with E-state index in [-0.39, 0.29) is 5.91 Å². The lowest BCUT2D eigenvalue weighted by molar-refractivity contribution is -0.131. The average molecular weight is 400 g/mol. The first-order valence-corrected chi connectivity index (χ1v) is 9.82. The maximum atomic E-state index is 12.6. The van der Waals surface area contributed by atoms with Gasteiger partial charge < -0.3 is 15.1 Å². The van der Waals surface area contributed by atoms with Gasteiger partial charge in [0.25, 0.3) is 0 Å². The number of aryl methyl sites for hydroxylation is 1. The molecule has 1 N–H and O–H groups in total. The van der Waals surface area contributed by atoms with Crippen LogP contribution in [0.5, 0.6) is 0 Å². The topological polar surface area (TPSA) is 60.8 Å². The van der Waals surface area contributed by atoms with Crippen LogP contribution in [0.2, 0.25) is 5.02 Å². The van der Waals surface area contributed by atoms with E-state index in [1.807, 2.05) is 48.4 Å². The number of nitrogens with zero attached hydrogens (tertiary/aromatic N) is 4. The van der Waals surface area contributed by atoms with E-state index in [9.17, 15) is 4.79 Å². The van der Waals surface area contributed by atoms with Crippen molar-refractivity contribution in [2.75, 3.05) is 33.2 Å². The molecule has 148 valence electrons. The predicted octanol–water partition coefficient (Wildman–Crippen LogP) is 2.51. The van der Waals surface area contributed by atoms with E-state index in [4.69, 9.17) is 11.6 Å². The summed E-state index contributed by atoms with van der Waals surface area (Å²) in [7, 11) is 1.78. The summed E-state index contributed by atoms with van der Waals surface area (Å²) < 4.78 is 0. The summed E-state index contributed by atoms with van der Waals surface area (Å²) in [5.74, 6) is 0.984. The van der Waals surface area contributed by atoms with Gasteiger partial charge in [-0.05, 0) is 36.2 Å². The van der Waals surface area contributed by atoms with Crippen molar-refractivity contribution in [3.8, 4) is 0 Å². The second-order valence-corrected chi connectivity index (χ2v) is 7.32. The number of pyridine rings is 1. The Morgan fingerprint density at radius 3 is 2.54 bits per heavy atom. The number of benzene rings is 1. The van der Waals surface area contributed by atoms with Gasteiger partial charge in [0.1, 0.15) is 0 Å². The maximum absolute atomic E-state index is 12.6. The minimum atomic E-state index is 0.135. The molecule has 7 heteroatoms. The Bertz CT molecular complexity index is 829. The second-order valence-electron chi connectivity index (χ2n) is 6.88. The number of aromatic nitrogens is 1. The van der Waals surface area contributed by atoms with Gasteiger partial charge in [-0.25, -0.2) is 0 Å². The van der Waals surface area contributed by atoms with Crippen molar-refractivity contribution in [1.82, 2.24) is 20.1 Å². The zero-order valence-electron chi connectivity index (χ0n) is 16.4. The molecule has 2 aromatic rings. The van der Waals surface area contributed by atoms with E-state index >= 15 is 0 Å². The number of guanidine groups is 1. The molecule has 0 atom stereocenters. The quantitative estimate of drug-likeness (QED) is 0.634. The summed E-state index contributed by atoms with van der Waals surface area (Å²) in [6, 6.07) is 11.5. The molecule has 1 aromatic carbocycles. The minimum Gasteiger partial charge on any atom is -0.352 e. The van der Waals surface area contributed by atoms with E-state index in [2.05, 4.69) is 26.3 Å². The van der Waals surface area contributed by atoms with Crippen LogP contribution in [-0.2, 0) is 17.8 Å². The smallest absolute Gasteiger partial charge is 0.227 e. The summed E-state index contributed by atoms with van der Waals surface area (Å²) in [4.78, 5) is 25.4. The molecule has 1 aromatic heterocycles. The van der Waals surface area contributed by atoms with Crippen molar-refractivity contribution in [1.29, 1.82) is 0 Å². The normalized spacial score (nSPS) is 14.9. The third kappa shape index (κ3) is 5.45. The number of rotatable bonds is 4. The highest BCUT2D eigenvalue weighted by molar-refractivity contribution is 6.30. The number of amides is 1. The van der Waals surface area contributed by atoms with E-state index in [0.717, 1.165) is 35.9 Å². The minimum absolute atomic E-state index is 0.135. The van der Waals surface area contributed by atoms with Crippen LogP contribution in [-0.4, -0.2) is 59.9 Å². The fourth-order valence-corrected chi connectivity index (χ4v) is 3.43. The summed E-state index contributed by atoms with van der Waals surface area (Å²) >= 11 is 6.01. The van der Waals surface area contributed by atoms with E-state index in [1.54, 1.807) is 7.05 Å². The summed E-state index contributed by atoms with van der Waals surface area (Å²) in [6.45, 7) is 5.54. The molecule has 0 spiro atoms. The number of nitrogens with one attached hydrogen (secondary N) is 1. The molecule has 3 rings (SSSR count). The lowest BCUT2D eigenvalue weighted by Crippen LogP contribution is -2.53. The van der Waals surface area contributed by atoms with Gasteiger partial charge in [0.05, 0.1) is 6.42 Å². The number of carbonyl (C=O) groups is 1. The standard InChI is InChI=1S/C21H26ClN5O/c1-16-6-7-18(14-24-16)15-25-21(23-2)27-10-8-26(9-11-27)20(28)13-17-4-3-5-19(22)12-17/h3-7,12,14H,8-11,13,15H2,1-2H3,(H,23,25). The Labute approximate surface area is 171 Å². The molecule has 1 aliphatic heterocycles. The first kappa shape index (κ1) is 20.1. The number of carbonyl (C=O) groups excluding carboxylic acids is 1. The van der Waals surface area contributed by atoms with Crippen LogP contribution in [0.4, 0.5) is 0 Å².